The summed E-state index contributed by atoms with van der Waals surface area (Å²) < 4.78 is 133. The van der Waals surface area contributed by atoms with Gasteiger partial charge in [-0.15, -0.1) is 0 Å². The summed E-state index contributed by atoms with van der Waals surface area (Å²) in [6, 6.07) is 10.9. The molecule has 2 aromatic heterocycles. The van der Waals surface area contributed by atoms with Crippen LogP contribution in [0.25, 0.3) is 0 Å². The normalized spacial score (nSPS) is 17.5. The van der Waals surface area contributed by atoms with E-state index in [1.165, 1.54) is 5.56 Å². The molecular formula is C28H30F12N4O9. The zero-order chi connectivity index (χ0) is 41.4. The number of carboxylic acids is 4. The Hall–Kier alpha value is -4.78. The van der Waals surface area contributed by atoms with E-state index < -0.39 is 48.6 Å². The molecule has 0 aliphatic carbocycles. The van der Waals surface area contributed by atoms with E-state index in [4.69, 9.17) is 44.3 Å². The molecule has 4 heterocycles. The molecule has 53 heavy (non-hydrogen) atoms. The van der Waals surface area contributed by atoms with Crippen LogP contribution in [-0.4, -0.2) is 127 Å². The van der Waals surface area contributed by atoms with E-state index in [0.29, 0.717) is 18.8 Å². The number of rotatable bonds is 5. The molecule has 4 N–H and O–H groups in total. The van der Waals surface area contributed by atoms with E-state index in [-0.39, 0.29) is 0 Å². The zero-order valence-corrected chi connectivity index (χ0v) is 26.8. The second-order valence-corrected chi connectivity index (χ2v) is 10.4. The summed E-state index contributed by atoms with van der Waals surface area (Å²) in [6.45, 7) is 8.07. The van der Waals surface area contributed by atoms with Gasteiger partial charge in [-0.3, -0.25) is 19.8 Å². The van der Waals surface area contributed by atoms with Crippen LogP contribution in [0.1, 0.15) is 23.4 Å². The lowest BCUT2D eigenvalue weighted by Crippen LogP contribution is -2.49. The van der Waals surface area contributed by atoms with Gasteiger partial charge in [0.2, 0.25) is 0 Å². The summed E-state index contributed by atoms with van der Waals surface area (Å²) in [5.41, 5.74) is 3.38. The van der Waals surface area contributed by atoms with Gasteiger partial charge >= 0.3 is 48.6 Å². The molecule has 2 aliphatic heterocycles. The first-order valence-electron chi connectivity index (χ1n) is 14.1. The van der Waals surface area contributed by atoms with Gasteiger partial charge in [0, 0.05) is 56.9 Å². The average molecular weight is 795 g/mol. The lowest BCUT2D eigenvalue weighted by Gasteiger charge is -2.37. The van der Waals surface area contributed by atoms with E-state index in [0.717, 1.165) is 50.5 Å². The minimum atomic E-state index is -5.08. The molecule has 2 unspecified atom stereocenters. The van der Waals surface area contributed by atoms with Crippen molar-refractivity contribution in [2.24, 2.45) is 0 Å². The summed E-state index contributed by atoms with van der Waals surface area (Å²) in [5.74, 6) is -11.0. The number of hydrogen-bond acceptors (Lipinski definition) is 9. The number of aliphatic carboxylic acids is 4. The van der Waals surface area contributed by atoms with Gasteiger partial charge in [-0.1, -0.05) is 12.1 Å². The number of alkyl halides is 12. The van der Waals surface area contributed by atoms with Crippen molar-refractivity contribution >= 4 is 23.9 Å². The molecule has 2 saturated heterocycles. The topological polar surface area (TPSA) is 191 Å². The average Bonchev–Trinajstić information content (AvgIpc) is 3.42. The van der Waals surface area contributed by atoms with E-state index in [1.54, 1.807) is 0 Å². The first-order chi connectivity index (χ1) is 24.0. The number of carboxylic acid groups (broad SMARTS) is 4. The largest absolute Gasteiger partial charge is 0.490 e. The molecule has 0 amide bonds. The molecule has 4 rings (SSSR count). The molecule has 0 aromatic carbocycles. The van der Waals surface area contributed by atoms with Crippen molar-refractivity contribution in [1.29, 1.82) is 0 Å². The number of aryl methyl sites for hydroxylation is 1. The number of pyridine rings is 2. The number of nitrogens with zero attached hydrogens (tertiary/aromatic N) is 4. The third kappa shape index (κ3) is 21.4. The Morgan fingerprint density at radius 1 is 0.736 bits per heavy atom. The van der Waals surface area contributed by atoms with Crippen LogP contribution in [0.15, 0.2) is 42.7 Å². The van der Waals surface area contributed by atoms with Crippen molar-refractivity contribution in [2.75, 3.05) is 26.2 Å². The summed E-state index contributed by atoms with van der Waals surface area (Å²) in [4.78, 5) is 49.5. The van der Waals surface area contributed by atoms with Gasteiger partial charge in [0.15, 0.2) is 0 Å². The summed E-state index contributed by atoms with van der Waals surface area (Å²) in [6.07, 6.45) is -15.1. The Morgan fingerprint density at radius 3 is 1.60 bits per heavy atom. The number of piperazine rings is 1. The minimum Gasteiger partial charge on any atom is -0.475 e. The molecular weight excluding hydrogens is 764 g/mol. The lowest BCUT2D eigenvalue weighted by atomic mass is 10.1. The summed E-state index contributed by atoms with van der Waals surface area (Å²) in [5, 5.41) is 28.5. The lowest BCUT2D eigenvalue weighted by molar-refractivity contribution is -0.193. The fourth-order valence-electron chi connectivity index (χ4n) is 3.96. The van der Waals surface area contributed by atoms with Crippen molar-refractivity contribution in [2.45, 2.75) is 63.3 Å². The van der Waals surface area contributed by atoms with Crippen LogP contribution in [0.4, 0.5) is 52.7 Å². The molecule has 0 saturated carbocycles. The molecule has 0 radical (unpaired) electrons. The van der Waals surface area contributed by atoms with Crippen LogP contribution in [0.5, 0.6) is 0 Å². The van der Waals surface area contributed by atoms with Crippen molar-refractivity contribution in [3.63, 3.8) is 0 Å². The Bertz CT molecular complexity index is 1360. The maximum absolute atomic E-state index is 10.6. The van der Waals surface area contributed by atoms with E-state index in [1.807, 2.05) is 37.5 Å². The van der Waals surface area contributed by atoms with Gasteiger partial charge in [0.1, 0.15) is 0 Å². The quantitative estimate of drug-likeness (QED) is 0.303. The number of fused-ring (bicyclic) bond motifs is 1. The molecule has 25 heteroatoms. The van der Waals surface area contributed by atoms with Crippen LogP contribution >= 0.6 is 0 Å². The van der Waals surface area contributed by atoms with Crippen LogP contribution in [-0.2, 0) is 37.1 Å². The SMILES string of the molecule is Cc1cccc(COC2CC3CN(Cc4cccnc4)CCN3C2)n1.O=C(O)C(F)(F)F.O=C(O)C(F)(F)F.O=C(O)C(F)(F)F.O=C(O)C(F)(F)F. The highest BCUT2D eigenvalue weighted by Crippen LogP contribution is 2.25. The maximum atomic E-state index is 10.6. The van der Waals surface area contributed by atoms with E-state index >= 15 is 0 Å². The fraction of sp³-hybridized carbons (Fsp3) is 0.500. The second-order valence-electron chi connectivity index (χ2n) is 10.4. The fourth-order valence-corrected chi connectivity index (χ4v) is 3.96. The standard InChI is InChI=1S/C20H26N4O.4C2HF3O2/c1-16-4-2-6-18(22-16)15-25-20-10-19-13-23(8-9-24(19)14-20)12-17-5-3-7-21-11-17;4*3-2(4,5)1(6)7/h2-7,11,19-20H,8-10,12-15H2,1H3;4*(H,6,7). The van der Waals surface area contributed by atoms with Gasteiger partial charge in [0.25, 0.3) is 0 Å². The molecule has 0 spiro atoms. The number of halogens is 12. The molecule has 300 valence electrons. The van der Waals surface area contributed by atoms with Crippen LogP contribution in [0.3, 0.4) is 0 Å². The first kappa shape index (κ1) is 48.2. The number of hydrogen-bond donors (Lipinski definition) is 4. The predicted molar refractivity (Wildman–Crippen MR) is 152 cm³/mol. The molecule has 2 atom stereocenters. The molecule has 0 bridgehead atoms. The minimum absolute atomic E-state index is 0.325. The van der Waals surface area contributed by atoms with E-state index in [9.17, 15) is 52.7 Å². The Labute approximate surface area is 290 Å². The van der Waals surface area contributed by atoms with Crippen LogP contribution in [0, 0.1) is 6.92 Å². The van der Waals surface area contributed by atoms with Gasteiger partial charge < -0.3 is 25.2 Å². The first-order valence-corrected chi connectivity index (χ1v) is 14.1. The van der Waals surface area contributed by atoms with Crippen molar-refractivity contribution in [3.8, 4) is 0 Å². The number of ether oxygens (including phenoxy) is 1. The monoisotopic (exact) mass is 794 g/mol. The predicted octanol–water partition coefficient (Wildman–Crippen LogP) is 4.79. The van der Waals surface area contributed by atoms with E-state index in [2.05, 4.69) is 31.9 Å². The smallest absolute Gasteiger partial charge is 0.475 e. The molecule has 2 fully saturated rings. The number of carbonyl (C=O) groups is 4. The summed E-state index contributed by atoms with van der Waals surface area (Å²) >= 11 is 0. The van der Waals surface area contributed by atoms with Crippen molar-refractivity contribution < 1.29 is 97.0 Å². The third-order valence-electron chi connectivity index (χ3n) is 6.17. The highest BCUT2D eigenvalue weighted by molar-refractivity contribution is 5.74. The van der Waals surface area contributed by atoms with Gasteiger partial charge in [0.05, 0.1) is 18.4 Å². The van der Waals surface area contributed by atoms with Gasteiger partial charge in [-0.05, 0) is 37.1 Å². The third-order valence-corrected chi connectivity index (χ3v) is 6.17. The van der Waals surface area contributed by atoms with Crippen molar-refractivity contribution in [1.82, 2.24) is 19.8 Å². The Balaban J connectivity index is 0.000000791. The van der Waals surface area contributed by atoms with Crippen LogP contribution in [0.2, 0.25) is 0 Å². The maximum Gasteiger partial charge on any atom is 0.490 e. The highest BCUT2D eigenvalue weighted by atomic mass is 19.4. The Kier molecular flexibility index (Phi) is 19.2. The molecule has 2 aromatic rings. The van der Waals surface area contributed by atoms with Crippen LogP contribution < -0.4 is 0 Å². The molecule has 2 aliphatic rings. The van der Waals surface area contributed by atoms with Gasteiger partial charge in [-0.2, -0.15) is 52.7 Å². The zero-order valence-electron chi connectivity index (χ0n) is 26.8. The second kappa shape index (κ2) is 21.1. The van der Waals surface area contributed by atoms with Crippen molar-refractivity contribution in [3.05, 3.63) is 59.7 Å². The number of aromatic nitrogens is 2. The highest BCUT2D eigenvalue weighted by Gasteiger charge is 2.40. The summed E-state index contributed by atoms with van der Waals surface area (Å²) in [7, 11) is 0. The Morgan fingerprint density at radius 2 is 1.21 bits per heavy atom. The van der Waals surface area contributed by atoms with Gasteiger partial charge in [-0.25, -0.2) is 19.2 Å². The molecule has 13 nitrogen and oxygen atoms in total.